The first-order valence-electron chi connectivity index (χ1n) is 8.30. The van der Waals surface area contributed by atoms with Crippen LogP contribution in [0.4, 0.5) is 0 Å². The van der Waals surface area contributed by atoms with E-state index in [1.54, 1.807) is 4.90 Å². The van der Waals surface area contributed by atoms with E-state index in [-0.39, 0.29) is 24.3 Å². The molecule has 1 atom stereocenters. The van der Waals surface area contributed by atoms with E-state index in [0.717, 1.165) is 5.56 Å². The van der Waals surface area contributed by atoms with E-state index in [9.17, 15) is 9.59 Å². The van der Waals surface area contributed by atoms with Crippen molar-refractivity contribution in [2.75, 3.05) is 19.6 Å². The molecule has 1 heterocycles. The summed E-state index contributed by atoms with van der Waals surface area (Å²) in [6.45, 7) is 3.35. The largest absolute Gasteiger partial charge is 0.353 e. The Morgan fingerprint density at radius 3 is 2.54 bits per heavy atom. The standard InChI is InChI=1S/C20H22N2O2/c1-15-7-5-6-10-17(15)18(16-8-3-2-4-9-16)13-20(24)22-12-11-21-19(23)14-22/h2-10,18H,11-14H2,1H3,(H,21,23)/t18-/m0/s1. The predicted molar refractivity (Wildman–Crippen MR) is 93.7 cm³/mol. The number of hydrogen-bond acceptors (Lipinski definition) is 2. The van der Waals surface area contributed by atoms with E-state index in [2.05, 4.69) is 36.5 Å². The third-order valence-corrected chi connectivity index (χ3v) is 4.54. The highest BCUT2D eigenvalue weighted by Crippen LogP contribution is 2.30. The van der Waals surface area contributed by atoms with Crippen molar-refractivity contribution in [3.8, 4) is 0 Å². The van der Waals surface area contributed by atoms with Gasteiger partial charge in [0.25, 0.3) is 0 Å². The fourth-order valence-electron chi connectivity index (χ4n) is 3.23. The number of aryl methyl sites for hydroxylation is 1. The summed E-state index contributed by atoms with van der Waals surface area (Å²) in [5.74, 6) is -0.0476. The molecule has 1 aliphatic heterocycles. The lowest BCUT2D eigenvalue weighted by atomic mass is 9.85. The minimum absolute atomic E-state index is 0.00453. The molecule has 4 nitrogen and oxygen atoms in total. The summed E-state index contributed by atoms with van der Waals surface area (Å²) in [6, 6.07) is 18.3. The van der Waals surface area contributed by atoms with Crippen LogP contribution in [0, 0.1) is 6.92 Å². The number of benzene rings is 2. The molecule has 0 unspecified atom stereocenters. The van der Waals surface area contributed by atoms with Gasteiger partial charge in [-0.15, -0.1) is 0 Å². The van der Waals surface area contributed by atoms with Crippen molar-refractivity contribution >= 4 is 11.8 Å². The fourth-order valence-corrected chi connectivity index (χ4v) is 3.23. The lowest BCUT2D eigenvalue weighted by molar-refractivity contribution is -0.138. The van der Waals surface area contributed by atoms with Gasteiger partial charge >= 0.3 is 0 Å². The van der Waals surface area contributed by atoms with Crippen LogP contribution in [-0.2, 0) is 9.59 Å². The second-order valence-electron chi connectivity index (χ2n) is 6.19. The van der Waals surface area contributed by atoms with Gasteiger partial charge in [-0.3, -0.25) is 9.59 Å². The summed E-state index contributed by atoms with van der Waals surface area (Å²) in [6.07, 6.45) is 0.377. The highest BCUT2D eigenvalue weighted by atomic mass is 16.2. The highest BCUT2D eigenvalue weighted by Gasteiger charge is 2.26. The van der Waals surface area contributed by atoms with Crippen LogP contribution in [0.25, 0.3) is 0 Å². The number of hydrogen-bond donors (Lipinski definition) is 1. The minimum atomic E-state index is -0.0817. The molecule has 0 bridgehead atoms. The molecule has 0 radical (unpaired) electrons. The van der Waals surface area contributed by atoms with Gasteiger partial charge in [0.05, 0.1) is 6.54 Å². The van der Waals surface area contributed by atoms with Gasteiger partial charge in [-0.25, -0.2) is 0 Å². The van der Waals surface area contributed by atoms with Gasteiger partial charge < -0.3 is 10.2 Å². The lowest BCUT2D eigenvalue weighted by Crippen LogP contribution is -2.50. The number of amides is 2. The fraction of sp³-hybridized carbons (Fsp3) is 0.300. The first-order chi connectivity index (χ1) is 11.6. The van der Waals surface area contributed by atoms with Crippen LogP contribution in [0.5, 0.6) is 0 Å². The number of carbonyl (C=O) groups excluding carboxylic acids is 2. The average molecular weight is 322 g/mol. The second-order valence-corrected chi connectivity index (χ2v) is 6.19. The zero-order chi connectivity index (χ0) is 16.9. The molecule has 1 fully saturated rings. The van der Waals surface area contributed by atoms with Crippen LogP contribution in [0.2, 0.25) is 0 Å². The van der Waals surface area contributed by atoms with Gasteiger partial charge in [0.1, 0.15) is 0 Å². The van der Waals surface area contributed by atoms with Crippen molar-refractivity contribution in [1.29, 1.82) is 0 Å². The first kappa shape index (κ1) is 16.2. The van der Waals surface area contributed by atoms with Gasteiger partial charge in [-0.05, 0) is 23.6 Å². The average Bonchev–Trinajstić information content (AvgIpc) is 2.61. The molecule has 2 aromatic carbocycles. The Labute approximate surface area is 142 Å². The van der Waals surface area contributed by atoms with E-state index in [0.29, 0.717) is 19.5 Å². The van der Waals surface area contributed by atoms with Crippen LogP contribution in [0.3, 0.4) is 0 Å². The molecule has 0 aliphatic carbocycles. The third kappa shape index (κ3) is 3.65. The highest BCUT2D eigenvalue weighted by molar-refractivity contribution is 5.86. The van der Waals surface area contributed by atoms with Crippen LogP contribution >= 0.6 is 0 Å². The second kappa shape index (κ2) is 7.30. The maximum Gasteiger partial charge on any atom is 0.239 e. The monoisotopic (exact) mass is 322 g/mol. The topological polar surface area (TPSA) is 49.4 Å². The van der Waals surface area contributed by atoms with Crippen molar-refractivity contribution in [2.24, 2.45) is 0 Å². The van der Waals surface area contributed by atoms with Gasteiger partial charge in [-0.1, -0.05) is 54.6 Å². The van der Waals surface area contributed by atoms with Gasteiger partial charge in [-0.2, -0.15) is 0 Å². The summed E-state index contributed by atoms with van der Waals surface area (Å²) in [7, 11) is 0. The maximum atomic E-state index is 12.8. The SMILES string of the molecule is Cc1ccccc1[C@@H](CC(=O)N1CCNC(=O)C1)c1ccccc1. The molecule has 2 aromatic rings. The third-order valence-electron chi connectivity index (χ3n) is 4.54. The number of nitrogens with one attached hydrogen (secondary N) is 1. The first-order valence-corrected chi connectivity index (χ1v) is 8.30. The summed E-state index contributed by atoms with van der Waals surface area (Å²) in [5, 5.41) is 2.76. The van der Waals surface area contributed by atoms with E-state index in [1.165, 1.54) is 11.1 Å². The smallest absolute Gasteiger partial charge is 0.239 e. The van der Waals surface area contributed by atoms with Crippen molar-refractivity contribution in [1.82, 2.24) is 10.2 Å². The molecule has 1 saturated heterocycles. The quantitative estimate of drug-likeness (QED) is 0.940. The van der Waals surface area contributed by atoms with E-state index in [1.807, 2.05) is 30.3 Å². The van der Waals surface area contributed by atoms with Gasteiger partial charge in [0.15, 0.2) is 0 Å². The molecule has 1 aliphatic rings. The molecule has 1 N–H and O–H groups in total. The zero-order valence-electron chi connectivity index (χ0n) is 13.9. The molecule has 0 saturated carbocycles. The van der Waals surface area contributed by atoms with Crippen molar-refractivity contribution < 1.29 is 9.59 Å². The number of piperazine rings is 1. The van der Waals surface area contributed by atoms with Crippen molar-refractivity contribution in [2.45, 2.75) is 19.3 Å². The summed E-state index contributed by atoms with van der Waals surface area (Å²) in [4.78, 5) is 26.0. The molecule has 2 amide bonds. The van der Waals surface area contributed by atoms with Crippen LogP contribution in [0.1, 0.15) is 29.0 Å². The van der Waals surface area contributed by atoms with E-state index in [4.69, 9.17) is 0 Å². The summed E-state index contributed by atoms with van der Waals surface area (Å²) >= 11 is 0. The zero-order valence-corrected chi connectivity index (χ0v) is 13.9. The van der Waals surface area contributed by atoms with E-state index >= 15 is 0 Å². The molecule has 124 valence electrons. The minimum Gasteiger partial charge on any atom is -0.353 e. The Bertz CT molecular complexity index is 727. The number of nitrogens with zero attached hydrogens (tertiary/aromatic N) is 1. The number of rotatable bonds is 4. The molecule has 0 aromatic heterocycles. The van der Waals surface area contributed by atoms with E-state index < -0.39 is 0 Å². The molecular formula is C20H22N2O2. The van der Waals surface area contributed by atoms with Crippen LogP contribution in [0.15, 0.2) is 54.6 Å². The summed E-state index contributed by atoms with van der Waals surface area (Å²) in [5.41, 5.74) is 3.47. The van der Waals surface area contributed by atoms with Gasteiger partial charge in [0.2, 0.25) is 11.8 Å². The Kier molecular flexibility index (Phi) is 4.94. The molecule has 4 heteroatoms. The normalized spacial score (nSPS) is 15.7. The number of carbonyl (C=O) groups is 2. The van der Waals surface area contributed by atoms with Crippen LogP contribution in [-0.4, -0.2) is 36.3 Å². The molecule has 24 heavy (non-hydrogen) atoms. The van der Waals surface area contributed by atoms with Crippen LogP contribution < -0.4 is 5.32 Å². The maximum absolute atomic E-state index is 12.8. The Balaban J connectivity index is 1.87. The van der Waals surface area contributed by atoms with Crippen molar-refractivity contribution in [3.05, 3.63) is 71.3 Å². The Morgan fingerprint density at radius 2 is 1.83 bits per heavy atom. The predicted octanol–water partition coefficient (Wildman–Crippen LogP) is 2.48. The molecular weight excluding hydrogens is 300 g/mol. The lowest BCUT2D eigenvalue weighted by Gasteiger charge is -2.29. The Hall–Kier alpha value is -2.62. The molecule has 0 spiro atoms. The Morgan fingerprint density at radius 1 is 1.12 bits per heavy atom. The molecule has 3 rings (SSSR count). The van der Waals surface area contributed by atoms with Gasteiger partial charge in [0, 0.05) is 25.4 Å². The van der Waals surface area contributed by atoms with Crippen molar-refractivity contribution in [3.63, 3.8) is 0 Å². The summed E-state index contributed by atoms with van der Waals surface area (Å²) < 4.78 is 0.